The lowest BCUT2D eigenvalue weighted by Gasteiger charge is -2.03. The molecule has 0 atom stereocenters. The highest BCUT2D eigenvalue weighted by Crippen LogP contribution is 2.41. The van der Waals surface area contributed by atoms with Crippen molar-refractivity contribution in [2.75, 3.05) is 0 Å². The number of hydrogen-bond donors (Lipinski definition) is 0. The second-order valence-electron chi connectivity index (χ2n) is 8.21. The Bertz CT molecular complexity index is 1820. The highest BCUT2D eigenvalue weighted by molar-refractivity contribution is 6.22. The quantitative estimate of drug-likeness (QED) is 0.293. The van der Waals surface area contributed by atoms with Gasteiger partial charge in [0.15, 0.2) is 11.1 Å². The summed E-state index contributed by atoms with van der Waals surface area (Å²) in [7, 11) is 2.09. The zero-order chi connectivity index (χ0) is 20.9. The number of para-hydroxylation sites is 1. The molecule has 0 N–H and O–H groups in total. The molecular formula is C26H19N2O3+. The van der Waals surface area contributed by atoms with E-state index < -0.39 is 0 Å². The highest BCUT2D eigenvalue weighted by atomic mass is 16.5. The van der Waals surface area contributed by atoms with E-state index in [9.17, 15) is 0 Å². The van der Waals surface area contributed by atoms with Gasteiger partial charge < -0.3 is 13.3 Å². The van der Waals surface area contributed by atoms with Crippen LogP contribution in [0.3, 0.4) is 0 Å². The Balaban J connectivity index is 1.62. The topological polar surface area (TPSA) is 48.2 Å². The SMILES string of the molecule is Cc1ccccc1-n1c(C)[n+](C)c2c3oc4oc5cc6occc6cc5c4c3ccc21. The lowest BCUT2D eigenvalue weighted by molar-refractivity contribution is -0.651. The van der Waals surface area contributed by atoms with Crippen molar-refractivity contribution in [3.05, 3.63) is 72.2 Å². The molecule has 0 bridgehead atoms. The van der Waals surface area contributed by atoms with Gasteiger partial charge in [-0.2, -0.15) is 4.57 Å². The fraction of sp³-hybridized carbons (Fsp3) is 0.115. The van der Waals surface area contributed by atoms with E-state index >= 15 is 0 Å². The Hall–Kier alpha value is -3.99. The molecule has 0 saturated carbocycles. The standard InChI is InChI=1S/C26H19N2O3/c1-14-6-4-5-7-19(14)28-15(2)27(3)24-20(28)9-8-17-23-18-12-16-10-11-29-21(16)13-22(18)30-26(23)31-25(17)24/h4-13H,1-3H3/q+1. The molecule has 0 amide bonds. The molecule has 0 aliphatic heterocycles. The first-order valence-corrected chi connectivity index (χ1v) is 10.3. The maximum atomic E-state index is 6.34. The normalized spacial score (nSPS) is 12.4. The summed E-state index contributed by atoms with van der Waals surface area (Å²) in [5.74, 6) is 1.68. The van der Waals surface area contributed by atoms with Crippen LogP contribution in [0.2, 0.25) is 0 Å². The molecule has 7 aromatic rings. The van der Waals surface area contributed by atoms with Crippen LogP contribution >= 0.6 is 0 Å². The molecule has 7 rings (SSSR count). The molecule has 0 aliphatic carbocycles. The number of nitrogens with zero attached hydrogens (tertiary/aromatic N) is 2. The molecule has 0 aliphatic rings. The van der Waals surface area contributed by atoms with Crippen molar-refractivity contribution in [1.29, 1.82) is 0 Å². The minimum absolute atomic E-state index is 0.548. The zero-order valence-electron chi connectivity index (χ0n) is 17.4. The molecule has 0 unspecified atom stereocenters. The predicted molar refractivity (Wildman–Crippen MR) is 121 cm³/mol. The Kier molecular flexibility index (Phi) is 3.02. The maximum Gasteiger partial charge on any atom is 0.299 e. The molecular weight excluding hydrogens is 388 g/mol. The molecule has 0 radical (unpaired) electrons. The summed E-state index contributed by atoms with van der Waals surface area (Å²) in [6.07, 6.45) is 1.70. The molecule has 3 aromatic carbocycles. The number of benzene rings is 3. The summed E-state index contributed by atoms with van der Waals surface area (Å²) in [5.41, 5.74) is 7.00. The summed E-state index contributed by atoms with van der Waals surface area (Å²) in [6.45, 7) is 4.28. The summed E-state index contributed by atoms with van der Waals surface area (Å²) >= 11 is 0. The van der Waals surface area contributed by atoms with Gasteiger partial charge in [0.2, 0.25) is 5.52 Å². The van der Waals surface area contributed by atoms with E-state index in [0.29, 0.717) is 5.78 Å². The molecule has 0 fully saturated rings. The second-order valence-corrected chi connectivity index (χ2v) is 8.21. The largest absolute Gasteiger partial charge is 0.464 e. The van der Waals surface area contributed by atoms with Crippen LogP contribution in [-0.4, -0.2) is 4.57 Å². The molecule has 150 valence electrons. The number of rotatable bonds is 1. The third-order valence-corrected chi connectivity index (χ3v) is 6.55. The van der Waals surface area contributed by atoms with Crippen LogP contribution in [0.15, 0.2) is 74.1 Å². The minimum atomic E-state index is 0.548. The van der Waals surface area contributed by atoms with Gasteiger partial charge in [0.05, 0.1) is 18.7 Å². The number of aromatic nitrogens is 2. The van der Waals surface area contributed by atoms with Crippen molar-refractivity contribution < 1.29 is 17.8 Å². The number of fused-ring (bicyclic) bond motifs is 8. The van der Waals surface area contributed by atoms with Gasteiger partial charge in [0.1, 0.15) is 16.9 Å². The first-order chi connectivity index (χ1) is 15.1. The molecule has 5 nitrogen and oxygen atoms in total. The van der Waals surface area contributed by atoms with Crippen LogP contribution < -0.4 is 4.57 Å². The van der Waals surface area contributed by atoms with E-state index in [2.05, 4.69) is 72.5 Å². The van der Waals surface area contributed by atoms with Crippen LogP contribution in [0.5, 0.6) is 0 Å². The molecule has 4 heterocycles. The third kappa shape index (κ3) is 2.03. The van der Waals surface area contributed by atoms with E-state index in [0.717, 1.165) is 55.2 Å². The van der Waals surface area contributed by atoms with Crippen molar-refractivity contribution in [3.63, 3.8) is 0 Å². The molecule has 0 saturated heterocycles. The molecule has 4 aromatic heterocycles. The van der Waals surface area contributed by atoms with E-state index in [1.54, 1.807) is 6.26 Å². The van der Waals surface area contributed by atoms with Gasteiger partial charge in [-0.05, 0) is 42.8 Å². The smallest absolute Gasteiger partial charge is 0.299 e. The third-order valence-electron chi connectivity index (χ3n) is 6.55. The van der Waals surface area contributed by atoms with Gasteiger partial charge >= 0.3 is 0 Å². The lowest BCUT2D eigenvalue weighted by atomic mass is 10.1. The molecule has 0 spiro atoms. The van der Waals surface area contributed by atoms with Crippen molar-refractivity contribution in [3.8, 4) is 5.69 Å². The summed E-state index contributed by atoms with van der Waals surface area (Å²) < 4.78 is 22.5. The van der Waals surface area contributed by atoms with E-state index in [-0.39, 0.29) is 0 Å². The minimum Gasteiger partial charge on any atom is -0.464 e. The fourth-order valence-electron chi connectivity index (χ4n) is 4.92. The van der Waals surface area contributed by atoms with Crippen LogP contribution in [0.25, 0.3) is 60.8 Å². The first-order valence-electron chi connectivity index (χ1n) is 10.3. The van der Waals surface area contributed by atoms with Gasteiger partial charge in [-0.1, -0.05) is 18.2 Å². The Labute approximate surface area is 176 Å². The number of imidazole rings is 1. The van der Waals surface area contributed by atoms with E-state index in [1.165, 1.54) is 11.3 Å². The Morgan fingerprint density at radius 3 is 2.61 bits per heavy atom. The summed E-state index contributed by atoms with van der Waals surface area (Å²) in [6, 6.07) is 18.8. The second kappa shape index (κ2) is 5.58. The van der Waals surface area contributed by atoms with Gasteiger partial charge in [-0.15, -0.1) is 0 Å². The van der Waals surface area contributed by atoms with E-state index in [1.807, 2.05) is 12.1 Å². The van der Waals surface area contributed by atoms with Crippen LogP contribution in [0, 0.1) is 13.8 Å². The average molecular weight is 407 g/mol. The number of aryl methyl sites for hydroxylation is 2. The highest BCUT2D eigenvalue weighted by Gasteiger charge is 2.28. The van der Waals surface area contributed by atoms with Crippen molar-refractivity contribution in [2.45, 2.75) is 13.8 Å². The summed E-state index contributed by atoms with van der Waals surface area (Å²) in [4.78, 5) is 0. The average Bonchev–Trinajstić information content (AvgIpc) is 3.49. The Morgan fingerprint density at radius 2 is 1.74 bits per heavy atom. The molecule has 5 heteroatoms. The maximum absolute atomic E-state index is 6.34. The van der Waals surface area contributed by atoms with Crippen LogP contribution in [0.1, 0.15) is 11.4 Å². The van der Waals surface area contributed by atoms with Crippen molar-refractivity contribution in [2.24, 2.45) is 7.05 Å². The number of hydrogen-bond acceptors (Lipinski definition) is 3. The first kappa shape index (κ1) is 16.8. The van der Waals surface area contributed by atoms with Crippen LogP contribution in [0.4, 0.5) is 0 Å². The summed E-state index contributed by atoms with van der Waals surface area (Å²) in [5, 5.41) is 4.16. The number of furan rings is 3. The zero-order valence-corrected chi connectivity index (χ0v) is 17.4. The van der Waals surface area contributed by atoms with Gasteiger partial charge in [-0.25, -0.2) is 4.57 Å². The lowest BCUT2D eigenvalue weighted by Crippen LogP contribution is -2.30. The van der Waals surface area contributed by atoms with E-state index in [4.69, 9.17) is 13.3 Å². The monoisotopic (exact) mass is 407 g/mol. The van der Waals surface area contributed by atoms with Crippen molar-refractivity contribution >= 4 is 55.1 Å². The van der Waals surface area contributed by atoms with Gasteiger partial charge in [0, 0.05) is 29.1 Å². The predicted octanol–water partition coefficient (Wildman–Crippen LogP) is 6.46. The molecule has 31 heavy (non-hydrogen) atoms. The fourth-order valence-corrected chi connectivity index (χ4v) is 4.92. The van der Waals surface area contributed by atoms with Crippen LogP contribution in [-0.2, 0) is 7.05 Å². The van der Waals surface area contributed by atoms with Gasteiger partial charge in [-0.3, -0.25) is 0 Å². The van der Waals surface area contributed by atoms with Crippen molar-refractivity contribution in [1.82, 2.24) is 4.57 Å². The Morgan fingerprint density at radius 1 is 0.871 bits per heavy atom. The van der Waals surface area contributed by atoms with Gasteiger partial charge in [0.25, 0.3) is 11.6 Å².